The van der Waals surface area contributed by atoms with Crippen molar-refractivity contribution in [2.45, 2.75) is 0 Å². The Bertz CT molecular complexity index is 679. The Morgan fingerprint density at radius 1 is 1.04 bits per heavy atom. The monoisotopic (exact) mass is 310 g/mol. The van der Waals surface area contributed by atoms with Gasteiger partial charge >= 0.3 is 0 Å². The Morgan fingerprint density at radius 3 is 2.39 bits per heavy atom. The van der Waals surface area contributed by atoms with Gasteiger partial charge in [0.25, 0.3) is 5.91 Å². The van der Waals surface area contributed by atoms with E-state index in [1.807, 2.05) is 36.4 Å². The molecule has 1 aliphatic heterocycles. The van der Waals surface area contributed by atoms with E-state index in [0.29, 0.717) is 16.9 Å². The number of rotatable bonds is 3. The first-order valence-electron chi connectivity index (χ1n) is 7.83. The molecule has 1 amide bonds. The summed E-state index contributed by atoms with van der Waals surface area (Å²) in [5, 5.41) is 2.89. The van der Waals surface area contributed by atoms with Crippen LogP contribution in [-0.4, -0.2) is 44.0 Å². The fraction of sp³-hybridized carbons (Fsp3) is 0.278. The molecule has 2 aromatic carbocycles. The Kier molecular flexibility index (Phi) is 4.48. The first-order valence-corrected chi connectivity index (χ1v) is 7.83. The molecule has 5 heteroatoms. The average molecular weight is 310 g/mol. The van der Waals surface area contributed by atoms with E-state index >= 15 is 0 Å². The summed E-state index contributed by atoms with van der Waals surface area (Å²) < 4.78 is 0. The van der Waals surface area contributed by atoms with Gasteiger partial charge in [-0.05, 0) is 37.4 Å². The smallest absolute Gasteiger partial charge is 0.255 e. The maximum atomic E-state index is 12.2. The van der Waals surface area contributed by atoms with E-state index < -0.39 is 0 Å². The van der Waals surface area contributed by atoms with Crippen molar-refractivity contribution in [3.63, 3.8) is 0 Å². The Morgan fingerprint density at radius 2 is 1.74 bits per heavy atom. The fourth-order valence-electron chi connectivity index (χ4n) is 2.76. The van der Waals surface area contributed by atoms with E-state index in [9.17, 15) is 4.79 Å². The van der Waals surface area contributed by atoms with Gasteiger partial charge in [0.1, 0.15) is 0 Å². The van der Waals surface area contributed by atoms with Gasteiger partial charge in [-0.2, -0.15) is 0 Å². The number of nitrogens with zero attached hydrogens (tertiary/aromatic N) is 2. The molecule has 0 radical (unpaired) electrons. The van der Waals surface area contributed by atoms with Crippen LogP contribution in [0.4, 0.5) is 17.1 Å². The van der Waals surface area contributed by atoms with Gasteiger partial charge in [0.2, 0.25) is 0 Å². The predicted molar refractivity (Wildman–Crippen MR) is 95.0 cm³/mol. The largest absolute Gasteiger partial charge is 0.397 e. The van der Waals surface area contributed by atoms with E-state index in [-0.39, 0.29) is 5.91 Å². The van der Waals surface area contributed by atoms with Gasteiger partial charge in [0, 0.05) is 37.4 Å². The van der Waals surface area contributed by atoms with Crippen LogP contribution in [0.25, 0.3) is 0 Å². The van der Waals surface area contributed by atoms with Gasteiger partial charge in [-0.3, -0.25) is 4.79 Å². The molecular formula is C18H22N4O. The van der Waals surface area contributed by atoms with Crippen molar-refractivity contribution in [1.29, 1.82) is 0 Å². The van der Waals surface area contributed by atoms with E-state index in [2.05, 4.69) is 22.2 Å². The van der Waals surface area contributed by atoms with Crippen molar-refractivity contribution < 1.29 is 4.79 Å². The number of benzene rings is 2. The zero-order chi connectivity index (χ0) is 16.2. The molecule has 0 bridgehead atoms. The molecule has 3 rings (SSSR count). The number of carbonyl (C=O) groups is 1. The minimum Gasteiger partial charge on any atom is -0.397 e. The summed E-state index contributed by atoms with van der Waals surface area (Å²) in [7, 11) is 2.13. The van der Waals surface area contributed by atoms with Crippen molar-refractivity contribution in [2.75, 3.05) is 49.2 Å². The second-order valence-corrected chi connectivity index (χ2v) is 5.88. The summed E-state index contributed by atoms with van der Waals surface area (Å²) >= 11 is 0. The van der Waals surface area contributed by atoms with Crippen LogP contribution in [-0.2, 0) is 0 Å². The molecule has 0 spiro atoms. The Labute approximate surface area is 136 Å². The summed E-state index contributed by atoms with van der Waals surface area (Å²) in [6.45, 7) is 4.00. The number of nitrogens with one attached hydrogen (secondary N) is 1. The number of hydrogen-bond acceptors (Lipinski definition) is 4. The van der Waals surface area contributed by atoms with E-state index in [0.717, 1.165) is 31.9 Å². The molecule has 0 aliphatic carbocycles. The fourth-order valence-corrected chi connectivity index (χ4v) is 2.76. The molecule has 1 fully saturated rings. The second kappa shape index (κ2) is 6.71. The summed E-state index contributed by atoms with van der Waals surface area (Å²) in [6, 6.07) is 14.9. The Hall–Kier alpha value is -2.53. The number of hydrogen-bond donors (Lipinski definition) is 2. The number of piperazine rings is 1. The standard InChI is InChI=1S/C18H22N4O/c1-21-9-11-22(12-10-21)17-8-7-15(13-16(17)19)20-18(23)14-5-3-2-4-6-14/h2-8,13H,9-12,19H2,1H3,(H,20,23). The van der Waals surface area contributed by atoms with E-state index in [1.54, 1.807) is 12.1 Å². The zero-order valence-corrected chi connectivity index (χ0v) is 13.3. The van der Waals surface area contributed by atoms with Crippen molar-refractivity contribution in [3.05, 3.63) is 54.1 Å². The first kappa shape index (κ1) is 15.4. The Balaban J connectivity index is 1.71. The summed E-state index contributed by atoms with van der Waals surface area (Å²) in [5.74, 6) is -0.127. The molecule has 1 aliphatic rings. The summed E-state index contributed by atoms with van der Waals surface area (Å²) in [5.41, 5.74) is 9.28. The number of likely N-dealkylation sites (N-methyl/N-ethyl adjacent to an activating group) is 1. The van der Waals surface area contributed by atoms with Gasteiger partial charge in [0.05, 0.1) is 11.4 Å². The van der Waals surface area contributed by atoms with Gasteiger partial charge < -0.3 is 20.9 Å². The lowest BCUT2D eigenvalue weighted by atomic mass is 10.1. The van der Waals surface area contributed by atoms with Crippen molar-refractivity contribution in [1.82, 2.24) is 4.90 Å². The second-order valence-electron chi connectivity index (χ2n) is 5.88. The van der Waals surface area contributed by atoms with Gasteiger partial charge in [-0.15, -0.1) is 0 Å². The minimum atomic E-state index is -0.127. The van der Waals surface area contributed by atoms with Crippen molar-refractivity contribution in [3.8, 4) is 0 Å². The first-order chi connectivity index (χ1) is 11.1. The van der Waals surface area contributed by atoms with Crippen molar-refractivity contribution >= 4 is 23.0 Å². The molecule has 1 saturated heterocycles. The topological polar surface area (TPSA) is 61.6 Å². The molecule has 120 valence electrons. The number of nitrogens with two attached hydrogens (primary N) is 1. The lowest BCUT2D eigenvalue weighted by Gasteiger charge is -2.34. The van der Waals surface area contributed by atoms with Crippen LogP contribution in [0.1, 0.15) is 10.4 Å². The van der Waals surface area contributed by atoms with Crippen LogP contribution in [0.2, 0.25) is 0 Å². The average Bonchev–Trinajstić information content (AvgIpc) is 2.57. The third-order valence-electron chi connectivity index (χ3n) is 4.17. The summed E-state index contributed by atoms with van der Waals surface area (Å²) in [4.78, 5) is 16.8. The van der Waals surface area contributed by atoms with Crippen LogP contribution >= 0.6 is 0 Å². The number of carbonyl (C=O) groups excluding carboxylic acids is 1. The molecule has 3 N–H and O–H groups in total. The van der Waals surface area contributed by atoms with E-state index in [1.165, 1.54) is 0 Å². The highest BCUT2D eigenvalue weighted by atomic mass is 16.1. The third kappa shape index (κ3) is 3.63. The molecule has 1 heterocycles. The van der Waals surface area contributed by atoms with Gasteiger partial charge in [0.15, 0.2) is 0 Å². The number of amides is 1. The molecule has 2 aromatic rings. The predicted octanol–water partition coefficient (Wildman–Crippen LogP) is 2.27. The van der Waals surface area contributed by atoms with Gasteiger partial charge in [-0.25, -0.2) is 0 Å². The quantitative estimate of drug-likeness (QED) is 0.854. The molecule has 0 unspecified atom stereocenters. The molecule has 0 atom stereocenters. The molecule has 23 heavy (non-hydrogen) atoms. The SMILES string of the molecule is CN1CCN(c2ccc(NC(=O)c3ccccc3)cc2N)CC1. The van der Waals surface area contributed by atoms with E-state index in [4.69, 9.17) is 5.73 Å². The maximum Gasteiger partial charge on any atom is 0.255 e. The molecular weight excluding hydrogens is 288 g/mol. The highest BCUT2D eigenvalue weighted by molar-refractivity contribution is 6.04. The molecule has 0 saturated carbocycles. The van der Waals surface area contributed by atoms with Crippen LogP contribution in [0.15, 0.2) is 48.5 Å². The number of anilines is 3. The maximum absolute atomic E-state index is 12.2. The zero-order valence-electron chi connectivity index (χ0n) is 13.3. The van der Waals surface area contributed by atoms with Crippen LogP contribution in [0, 0.1) is 0 Å². The minimum absolute atomic E-state index is 0.127. The van der Waals surface area contributed by atoms with Crippen LogP contribution < -0.4 is 16.0 Å². The van der Waals surface area contributed by atoms with Crippen LogP contribution in [0.3, 0.4) is 0 Å². The summed E-state index contributed by atoms with van der Waals surface area (Å²) in [6.07, 6.45) is 0. The normalized spacial score (nSPS) is 15.4. The molecule has 5 nitrogen and oxygen atoms in total. The number of nitrogen functional groups attached to an aromatic ring is 1. The van der Waals surface area contributed by atoms with Crippen molar-refractivity contribution in [2.24, 2.45) is 0 Å². The van der Waals surface area contributed by atoms with Gasteiger partial charge in [-0.1, -0.05) is 18.2 Å². The van der Waals surface area contributed by atoms with Crippen LogP contribution in [0.5, 0.6) is 0 Å². The lowest BCUT2D eigenvalue weighted by Crippen LogP contribution is -2.44. The third-order valence-corrected chi connectivity index (χ3v) is 4.17. The highest BCUT2D eigenvalue weighted by Crippen LogP contribution is 2.27. The lowest BCUT2D eigenvalue weighted by molar-refractivity contribution is 0.102. The highest BCUT2D eigenvalue weighted by Gasteiger charge is 2.16. The molecule has 0 aromatic heterocycles.